The standard InChI is InChI=1S/C23H17F2N3O3/c1-14-5-7-15(8-6-14)22-27-23(31-28-22)16-9-11-17(12-10-16)30-13-20(29)26-21-18(24)3-2-4-19(21)25/h2-12H,13H2,1H3,(H,26,29). The SMILES string of the molecule is Cc1ccc(-c2noc(-c3ccc(OCC(=O)Nc4c(F)cccc4F)cc3)n2)cc1. The van der Waals surface area contributed by atoms with E-state index in [9.17, 15) is 13.6 Å². The summed E-state index contributed by atoms with van der Waals surface area (Å²) in [4.78, 5) is 16.3. The molecular weight excluding hydrogens is 404 g/mol. The van der Waals surface area contributed by atoms with Crippen molar-refractivity contribution >= 4 is 11.6 Å². The predicted octanol–water partition coefficient (Wildman–Crippen LogP) is 5.01. The van der Waals surface area contributed by atoms with Crippen LogP contribution in [0.2, 0.25) is 0 Å². The topological polar surface area (TPSA) is 77.2 Å². The molecule has 8 heteroatoms. The fourth-order valence-electron chi connectivity index (χ4n) is 2.80. The maximum Gasteiger partial charge on any atom is 0.262 e. The molecule has 0 radical (unpaired) electrons. The van der Waals surface area contributed by atoms with Crippen molar-refractivity contribution in [2.24, 2.45) is 0 Å². The van der Waals surface area contributed by atoms with Crippen molar-refractivity contribution in [2.75, 3.05) is 11.9 Å². The fraction of sp³-hybridized carbons (Fsp3) is 0.0870. The Hall–Kier alpha value is -4.07. The molecule has 31 heavy (non-hydrogen) atoms. The van der Waals surface area contributed by atoms with Crippen molar-refractivity contribution in [1.29, 1.82) is 0 Å². The minimum absolute atomic E-state index is 0.342. The van der Waals surface area contributed by atoms with Crippen molar-refractivity contribution in [1.82, 2.24) is 10.1 Å². The number of aromatic nitrogens is 2. The van der Waals surface area contributed by atoms with Gasteiger partial charge in [-0.3, -0.25) is 4.79 Å². The highest BCUT2D eigenvalue weighted by Crippen LogP contribution is 2.24. The van der Waals surface area contributed by atoms with E-state index in [1.54, 1.807) is 24.3 Å². The number of carbonyl (C=O) groups is 1. The van der Waals surface area contributed by atoms with E-state index >= 15 is 0 Å². The number of carbonyl (C=O) groups excluding carboxylic acids is 1. The lowest BCUT2D eigenvalue weighted by molar-refractivity contribution is -0.118. The Bertz CT molecular complexity index is 1190. The normalized spacial score (nSPS) is 10.7. The molecule has 0 fully saturated rings. The number of hydrogen-bond donors (Lipinski definition) is 1. The summed E-state index contributed by atoms with van der Waals surface area (Å²) in [6, 6.07) is 17.8. The van der Waals surface area contributed by atoms with Crippen LogP contribution in [0.25, 0.3) is 22.8 Å². The molecule has 0 spiro atoms. The third kappa shape index (κ3) is 4.75. The lowest BCUT2D eigenvalue weighted by Crippen LogP contribution is -2.21. The summed E-state index contributed by atoms with van der Waals surface area (Å²) in [6.45, 7) is 1.59. The summed E-state index contributed by atoms with van der Waals surface area (Å²) in [6.07, 6.45) is 0. The Kier molecular flexibility index (Phi) is 5.70. The Morgan fingerprint density at radius 1 is 0.968 bits per heavy atom. The van der Waals surface area contributed by atoms with Gasteiger partial charge in [-0.05, 0) is 43.3 Å². The number of benzene rings is 3. The van der Waals surface area contributed by atoms with Gasteiger partial charge in [0.2, 0.25) is 5.82 Å². The Balaban J connectivity index is 1.37. The van der Waals surface area contributed by atoms with Gasteiger partial charge in [0.1, 0.15) is 23.1 Å². The van der Waals surface area contributed by atoms with Crippen LogP contribution < -0.4 is 10.1 Å². The number of para-hydroxylation sites is 1. The molecule has 4 rings (SSSR count). The van der Waals surface area contributed by atoms with Crippen LogP contribution in [0.4, 0.5) is 14.5 Å². The van der Waals surface area contributed by atoms with Crippen molar-refractivity contribution in [3.8, 4) is 28.6 Å². The first-order valence-electron chi connectivity index (χ1n) is 9.37. The van der Waals surface area contributed by atoms with Crippen LogP contribution in [-0.4, -0.2) is 22.7 Å². The van der Waals surface area contributed by atoms with Gasteiger partial charge in [-0.15, -0.1) is 0 Å². The van der Waals surface area contributed by atoms with Crippen LogP contribution in [0.1, 0.15) is 5.56 Å². The third-order valence-corrected chi connectivity index (χ3v) is 4.43. The summed E-state index contributed by atoms with van der Waals surface area (Å²) in [5.41, 5.74) is 2.15. The number of amides is 1. The molecule has 0 bridgehead atoms. The lowest BCUT2D eigenvalue weighted by Gasteiger charge is -2.09. The number of halogens is 2. The Morgan fingerprint density at radius 2 is 1.61 bits per heavy atom. The average molecular weight is 421 g/mol. The first-order chi connectivity index (χ1) is 15.0. The quantitative estimate of drug-likeness (QED) is 0.474. The summed E-state index contributed by atoms with van der Waals surface area (Å²) in [7, 11) is 0. The van der Waals surface area contributed by atoms with Crippen LogP contribution in [0, 0.1) is 18.6 Å². The maximum atomic E-state index is 13.6. The summed E-state index contributed by atoms with van der Waals surface area (Å²) in [5.74, 6) is -1.19. The summed E-state index contributed by atoms with van der Waals surface area (Å²) >= 11 is 0. The molecule has 1 N–H and O–H groups in total. The second-order valence-corrected chi connectivity index (χ2v) is 6.75. The predicted molar refractivity (Wildman–Crippen MR) is 110 cm³/mol. The fourth-order valence-corrected chi connectivity index (χ4v) is 2.80. The van der Waals surface area contributed by atoms with Gasteiger partial charge in [0.15, 0.2) is 6.61 Å². The van der Waals surface area contributed by atoms with Gasteiger partial charge in [-0.25, -0.2) is 8.78 Å². The van der Waals surface area contributed by atoms with E-state index in [0.717, 1.165) is 23.3 Å². The number of rotatable bonds is 6. The van der Waals surface area contributed by atoms with Gasteiger partial charge in [-0.1, -0.05) is 41.1 Å². The van der Waals surface area contributed by atoms with Gasteiger partial charge in [-0.2, -0.15) is 4.98 Å². The van der Waals surface area contributed by atoms with E-state index in [1.807, 2.05) is 31.2 Å². The Labute approximate surface area is 176 Å². The number of hydrogen-bond acceptors (Lipinski definition) is 5. The molecule has 0 aliphatic carbocycles. The van der Waals surface area contributed by atoms with Gasteiger partial charge in [0, 0.05) is 11.1 Å². The van der Waals surface area contributed by atoms with Crippen LogP contribution in [0.3, 0.4) is 0 Å². The summed E-state index contributed by atoms with van der Waals surface area (Å²) < 4.78 is 37.9. The molecule has 0 atom stereocenters. The smallest absolute Gasteiger partial charge is 0.262 e. The van der Waals surface area contributed by atoms with E-state index in [0.29, 0.717) is 23.0 Å². The molecule has 0 saturated carbocycles. The van der Waals surface area contributed by atoms with Crippen molar-refractivity contribution in [3.05, 3.63) is 83.9 Å². The Morgan fingerprint density at radius 3 is 2.29 bits per heavy atom. The molecule has 0 unspecified atom stereocenters. The van der Waals surface area contributed by atoms with Gasteiger partial charge >= 0.3 is 0 Å². The summed E-state index contributed by atoms with van der Waals surface area (Å²) in [5, 5.41) is 6.16. The molecule has 0 aliphatic rings. The van der Waals surface area contributed by atoms with E-state index in [1.165, 1.54) is 6.07 Å². The van der Waals surface area contributed by atoms with Crippen molar-refractivity contribution in [3.63, 3.8) is 0 Å². The first-order valence-corrected chi connectivity index (χ1v) is 9.37. The molecule has 1 heterocycles. The van der Waals surface area contributed by atoms with Crippen molar-refractivity contribution in [2.45, 2.75) is 6.92 Å². The molecule has 0 saturated heterocycles. The van der Waals surface area contributed by atoms with Crippen LogP contribution in [-0.2, 0) is 4.79 Å². The monoisotopic (exact) mass is 421 g/mol. The number of aryl methyl sites for hydroxylation is 1. The number of anilines is 1. The highest BCUT2D eigenvalue weighted by molar-refractivity contribution is 5.92. The molecule has 1 aromatic heterocycles. The van der Waals surface area contributed by atoms with E-state index < -0.39 is 29.8 Å². The second-order valence-electron chi connectivity index (χ2n) is 6.75. The highest BCUT2D eigenvalue weighted by atomic mass is 19.1. The maximum absolute atomic E-state index is 13.6. The van der Waals surface area contributed by atoms with E-state index in [-0.39, 0.29) is 0 Å². The minimum Gasteiger partial charge on any atom is -0.484 e. The average Bonchev–Trinajstić information content (AvgIpc) is 3.26. The van der Waals surface area contributed by atoms with Gasteiger partial charge in [0.25, 0.3) is 11.8 Å². The highest BCUT2D eigenvalue weighted by Gasteiger charge is 2.13. The molecule has 3 aromatic carbocycles. The largest absolute Gasteiger partial charge is 0.484 e. The van der Waals surface area contributed by atoms with Crippen molar-refractivity contribution < 1.29 is 22.8 Å². The van der Waals surface area contributed by atoms with E-state index in [2.05, 4.69) is 15.5 Å². The van der Waals surface area contributed by atoms with E-state index in [4.69, 9.17) is 9.26 Å². The molecular formula is C23H17F2N3O3. The van der Waals surface area contributed by atoms with Crippen LogP contribution in [0.5, 0.6) is 5.75 Å². The van der Waals surface area contributed by atoms with Gasteiger partial charge in [0.05, 0.1) is 0 Å². The van der Waals surface area contributed by atoms with Crippen LogP contribution in [0.15, 0.2) is 71.3 Å². The zero-order valence-corrected chi connectivity index (χ0v) is 16.4. The van der Waals surface area contributed by atoms with Crippen LogP contribution >= 0.6 is 0 Å². The molecule has 1 amide bonds. The third-order valence-electron chi connectivity index (χ3n) is 4.43. The molecule has 4 aromatic rings. The molecule has 156 valence electrons. The molecule has 6 nitrogen and oxygen atoms in total. The van der Waals surface area contributed by atoms with Gasteiger partial charge < -0.3 is 14.6 Å². The zero-order chi connectivity index (χ0) is 21.8. The number of nitrogens with zero attached hydrogens (tertiary/aromatic N) is 2. The second kappa shape index (κ2) is 8.74. The lowest BCUT2D eigenvalue weighted by atomic mass is 10.1. The zero-order valence-electron chi connectivity index (χ0n) is 16.4. The number of ether oxygens (including phenoxy) is 1. The first kappa shape index (κ1) is 20.2. The number of nitrogens with one attached hydrogen (secondary N) is 1. The minimum atomic E-state index is -0.859. The molecule has 0 aliphatic heterocycles.